The first-order chi connectivity index (χ1) is 9.40. The number of anilines is 1. The molecular weight excluding hydrogens is 296 g/mol. The summed E-state index contributed by atoms with van der Waals surface area (Å²) in [6.45, 7) is 0. The van der Waals surface area contributed by atoms with Gasteiger partial charge in [-0.25, -0.2) is 13.6 Å². The van der Waals surface area contributed by atoms with Gasteiger partial charge in [-0.05, 0) is 42.5 Å². The van der Waals surface area contributed by atoms with Gasteiger partial charge in [-0.3, -0.25) is 0 Å². The van der Waals surface area contributed by atoms with Gasteiger partial charge in [0.2, 0.25) is 10.0 Å². The first-order valence-corrected chi connectivity index (χ1v) is 8.00. The van der Waals surface area contributed by atoms with Gasteiger partial charge < -0.3 is 10.5 Å². The highest BCUT2D eigenvalue weighted by Crippen LogP contribution is 2.34. The lowest BCUT2D eigenvalue weighted by Gasteiger charge is -2.09. The summed E-state index contributed by atoms with van der Waals surface area (Å²) in [6, 6.07) is 11.9. The summed E-state index contributed by atoms with van der Waals surface area (Å²) >= 11 is 1.30. The van der Waals surface area contributed by atoms with Crippen LogP contribution >= 0.6 is 11.8 Å². The Morgan fingerprint density at radius 1 is 1.10 bits per heavy atom. The Labute approximate surface area is 122 Å². The number of ether oxygens (including phenoxy) is 1. The van der Waals surface area contributed by atoms with E-state index in [4.69, 9.17) is 15.6 Å². The molecule has 0 saturated carbocycles. The van der Waals surface area contributed by atoms with Gasteiger partial charge in [0.05, 0.1) is 12.0 Å². The van der Waals surface area contributed by atoms with E-state index in [1.165, 1.54) is 17.8 Å². The molecule has 0 aliphatic heterocycles. The number of sulfonamides is 1. The monoisotopic (exact) mass is 310 g/mol. The second-order valence-electron chi connectivity index (χ2n) is 4.03. The molecule has 20 heavy (non-hydrogen) atoms. The van der Waals surface area contributed by atoms with Crippen molar-refractivity contribution in [2.75, 3.05) is 12.8 Å². The summed E-state index contributed by atoms with van der Waals surface area (Å²) in [4.78, 5) is 1.44. The predicted molar refractivity (Wildman–Crippen MR) is 79.3 cm³/mol. The van der Waals surface area contributed by atoms with E-state index in [2.05, 4.69) is 0 Å². The summed E-state index contributed by atoms with van der Waals surface area (Å²) in [6.07, 6.45) is 0. The van der Waals surface area contributed by atoms with Crippen molar-refractivity contribution in [3.63, 3.8) is 0 Å². The molecule has 0 fully saturated rings. The molecule has 0 radical (unpaired) electrons. The number of hydrogen-bond donors (Lipinski definition) is 2. The molecule has 0 amide bonds. The minimum Gasteiger partial charge on any atom is -0.497 e. The Balaban J connectivity index is 2.38. The van der Waals surface area contributed by atoms with Gasteiger partial charge in [-0.15, -0.1) is 0 Å². The summed E-state index contributed by atoms with van der Waals surface area (Å²) < 4.78 is 28.2. The minimum absolute atomic E-state index is 0.0262. The van der Waals surface area contributed by atoms with Crippen LogP contribution in [0.4, 0.5) is 5.69 Å². The van der Waals surface area contributed by atoms with E-state index in [0.717, 1.165) is 10.6 Å². The average molecular weight is 310 g/mol. The Hall–Kier alpha value is -1.70. The summed E-state index contributed by atoms with van der Waals surface area (Å²) in [7, 11) is -2.23. The van der Waals surface area contributed by atoms with E-state index >= 15 is 0 Å². The Morgan fingerprint density at radius 3 is 2.30 bits per heavy atom. The van der Waals surface area contributed by atoms with Crippen LogP contribution in [-0.2, 0) is 10.0 Å². The molecular formula is C13H14N2O3S2. The molecule has 0 heterocycles. The van der Waals surface area contributed by atoms with Gasteiger partial charge in [0.1, 0.15) is 5.75 Å². The molecule has 2 aromatic rings. The van der Waals surface area contributed by atoms with Crippen molar-refractivity contribution in [1.82, 2.24) is 0 Å². The van der Waals surface area contributed by atoms with Crippen LogP contribution in [0.25, 0.3) is 0 Å². The zero-order valence-electron chi connectivity index (χ0n) is 10.7. The molecule has 0 aromatic heterocycles. The largest absolute Gasteiger partial charge is 0.497 e. The van der Waals surface area contributed by atoms with Crippen LogP contribution in [0.2, 0.25) is 0 Å². The molecule has 0 unspecified atom stereocenters. The molecule has 0 saturated heterocycles. The van der Waals surface area contributed by atoms with Crippen LogP contribution in [0.15, 0.2) is 57.2 Å². The first-order valence-electron chi connectivity index (χ1n) is 5.64. The van der Waals surface area contributed by atoms with Crippen molar-refractivity contribution in [1.29, 1.82) is 0 Å². The van der Waals surface area contributed by atoms with E-state index in [1.807, 2.05) is 12.1 Å². The van der Waals surface area contributed by atoms with Gasteiger partial charge in [-0.1, -0.05) is 11.8 Å². The van der Waals surface area contributed by atoms with Gasteiger partial charge in [0, 0.05) is 15.5 Å². The van der Waals surface area contributed by atoms with E-state index < -0.39 is 10.0 Å². The number of hydrogen-bond acceptors (Lipinski definition) is 5. The lowest BCUT2D eigenvalue weighted by Crippen LogP contribution is -2.13. The molecule has 0 spiro atoms. The van der Waals surface area contributed by atoms with Crippen molar-refractivity contribution in [2.45, 2.75) is 14.7 Å². The minimum atomic E-state index is -3.81. The molecule has 0 aliphatic rings. The molecule has 4 N–H and O–H groups in total. The zero-order chi connectivity index (χ0) is 14.8. The highest BCUT2D eigenvalue weighted by molar-refractivity contribution is 8.00. The normalized spacial score (nSPS) is 11.3. The van der Waals surface area contributed by atoms with Crippen LogP contribution in [0.5, 0.6) is 5.75 Å². The van der Waals surface area contributed by atoms with Crippen LogP contribution in [0, 0.1) is 0 Å². The third-order valence-electron chi connectivity index (χ3n) is 2.56. The van der Waals surface area contributed by atoms with E-state index in [0.29, 0.717) is 10.6 Å². The molecule has 0 atom stereocenters. The van der Waals surface area contributed by atoms with Crippen molar-refractivity contribution in [3.05, 3.63) is 42.5 Å². The SMILES string of the molecule is COc1ccc(Sc2ccc(N)cc2S(N)(=O)=O)cc1. The number of methoxy groups -OCH3 is 1. The van der Waals surface area contributed by atoms with Crippen LogP contribution in [0.3, 0.4) is 0 Å². The Morgan fingerprint density at radius 2 is 1.75 bits per heavy atom. The zero-order valence-corrected chi connectivity index (χ0v) is 12.4. The fraction of sp³-hybridized carbons (Fsp3) is 0.0769. The fourth-order valence-electron chi connectivity index (χ4n) is 1.60. The van der Waals surface area contributed by atoms with Gasteiger partial charge in [0.25, 0.3) is 0 Å². The van der Waals surface area contributed by atoms with Gasteiger partial charge >= 0.3 is 0 Å². The molecule has 2 aromatic carbocycles. The summed E-state index contributed by atoms with van der Waals surface area (Å²) in [5.41, 5.74) is 5.96. The second kappa shape index (κ2) is 5.74. The third-order valence-corrected chi connectivity index (χ3v) is 4.73. The topological polar surface area (TPSA) is 95.4 Å². The molecule has 106 valence electrons. The van der Waals surface area contributed by atoms with Crippen molar-refractivity contribution in [3.8, 4) is 5.75 Å². The maximum atomic E-state index is 11.6. The predicted octanol–water partition coefficient (Wildman–Crippen LogP) is 2.08. The number of nitrogen functional groups attached to an aromatic ring is 1. The van der Waals surface area contributed by atoms with Crippen LogP contribution in [-0.4, -0.2) is 15.5 Å². The van der Waals surface area contributed by atoms with Crippen LogP contribution in [0.1, 0.15) is 0 Å². The maximum Gasteiger partial charge on any atom is 0.239 e. The summed E-state index contributed by atoms with van der Waals surface area (Å²) in [5.74, 6) is 0.735. The first kappa shape index (κ1) is 14.7. The van der Waals surface area contributed by atoms with Crippen molar-refractivity contribution >= 4 is 27.5 Å². The van der Waals surface area contributed by atoms with E-state index in [1.54, 1.807) is 31.4 Å². The van der Waals surface area contributed by atoms with E-state index in [9.17, 15) is 8.42 Å². The highest BCUT2D eigenvalue weighted by atomic mass is 32.2. The molecule has 0 aliphatic carbocycles. The van der Waals surface area contributed by atoms with Gasteiger partial charge in [-0.2, -0.15) is 0 Å². The smallest absolute Gasteiger partial charge is 0.239 e. The Kier molecular flexibility index (Phi) is 4.22. The van der Waals surface area contributed by atoms with E-state index in [-0.39, 0.29) is 4.90 Å². The Bertz CT molecular complexity index is 713. The van der Waals surface area contributed by atoms with Crippen molar-refractivity contribution < 1.29 is 13.2 Å². The maximum absolute atomic E-state index is 11.6. The van der Waals surface area contributed by atoms with Crippen LogP contribution < -0.4 is 15.6 Å². The number of primary sulfonamides is 1. The van der Waals surface area contributed by atoms with Crippen molar-refractivity contribution in [2.24, 2.45) is 5.14 Å². The summed E-state index contributed by atoms with van der Waals surface area (Å²) in [5, 5.41) is 5.21. The fourth-order valence-corrected chi connectivity index (χ4v) is 3.55. The quantitative estimate of drug-likeness (QED) is 0.843. The molecule has 0 bridgehead atoms. The average Bonchev–Trinajstić information content (AvgIpc) is 2.40. The molecule has 2 rings (SSSR count). The number of benzene rings is 2. The lowest BCUT2D eigenvalue weighted by atomic mass is 10.3. The van der Waals surface area contributed by atoms with Gasteiger partial charge in [0.15, 0.2) is 0 Å². The third kappa shape index (κ3) is 3.44. The number of nitrogens with two attached hydrogens (primary N) is 2. The molecule has 5 nitrogen and oxygen atoms in total. The standard InChI is InChI=1S/C13H14N2O3S2/c1-18-10-3-5-11(6-4-10)19-12-7-2-9(14)8-13(12)20(15,16)17/h2-8H,14H2,1H3,(H2,15,16,17). The molecule has 7 heteroatoms. The highest BCUT2D eigenvalue weighted by Gasteiger charge is 2.15. The lowest BCUT2D eigenvalue weighted by molar-refractivity contribution is 0.414. The second-order valence-corrected chi connectivity index (χ2v) is 6.67. The number of rotatable bonds is 4.